The largest absolute Gasteiger partial charge is 0.451 e. The normalized spacial score (nSPS) is 17.5. The van der Waals surface area contributed by atoms with Crippen molar-refractivity contribution in [3.63, 3.8) is 0 Å². The minimum atomic E-state index is -4.44. The Kier molecular flexibility index (Phi) is 4.94. The fourth-order valence-corrected chi connectivity index (χ4v) is 3.60. The average Bonchev–Trinajstić information content (AvgIpc) is 3.36. The highest BCUT2D eigenvalue weighted by atomic mass is 19.4. The number of hydrogen-bond acceptors (Lipinski definition) is 3. The van der Waals surface area contributed by atoms with Crippen LogP contribution in [0.15, 0.2) is 53.2 Å². The Bertz CT molecular complexity index is 1020. The maximum absolute atomic E-state index is 12.9. The van der Waals surface area contributed by atoms with Crippen LogP contribution in [0.25, 0.3) is 11.3 Å². The van der Waals surface area contributed by atoms with E-state index in [1.54, 1.807) is 11.1 Å². The lowest BCUT2D eigenvalue weighted by molar-refractivity contribution is -0.137. The first-order valence-corrected chi connectivity index (χ1v) is 9.39. The van der Waals surface area contributed by atoms with Crippen LogP contribution < -0.4 is 0 Å². The van der Waals surface area contributed by atoms with Gasteiger partial charge in [-0.2, -0.15) is 18.3 Å². The number of likely N-dealkylation sites (tertiary alicyclic amines) is 1. The van der Waals surface area contributed by atoms with E-state index in [9.17, 15) is 18.0 Å². The van der Waals surface area contributed by atoms with Crippen LogP contribution in [0.1, 0.15) is 40.6 Å². The van der Waals surface area contributed by atoms with Crippen LogP contribution in [0.2, 0.25) is 0 Å². The number of benzene rings is 1. The number of carbonyl (C=O) groups is 1. The van der Waals surface area contributed by atoms with Crippen molar-refractivity contribution in [2.24, 2.45) is 0 Å². The van der Waals surface area contributed by atoms with Crippen molar-refractivity contribution in [2.45, 2.75) is 32.0 Å². The first kappa shape index (κ1) is 19.3. The molecular formula is C21H20F3N3O2. The summed E-state index contributed by atoms with van der Waals surface area (Å²) in [5.41, 5.74) is 0.584. The number of nitrogens with zero attached hydrogens (tertiary/aromatic N) is 3. The molecule has 152 valence electrons. The number of piperidine rings is 1. The molecule has 1 aromatic carbocycles. The quantitative estimate of drug-likeness (QED) is 0.622. The molecular weight excluding hydrogens is 383 g/mol. The van der Waals surface area contributed by atoms with Crippen molar-refractivity contribution < 1.29 is 22.4 Å². The summed E-state index contributed by atoms with van der Waals surface area (Å²) in [6, 6.07) is 8.01. The molecule has 4 rings (SSSR count). The van der Waals surface area contributed by atoms with Crippen LogP contribution in [-0.4, -0.2) is 33.7 Å². The first-order valence-electron chi connectivity index (χ1n) is 9.39. The maximum Gasteiger partial charge on any atom is 0.416 e. The van der Waals surface area contributed by atoms with Gasteiger partial charge in [-0.1, -0.05) is 12.1 Å². The predicted octanol–water partition coefficient (Wildman–Crippen LogP) is 4.95. The molecule has 1 amide bonds. The number of furan rings is 1. The molecule has 3 aromatic rings. The third-order valence-electron chi connectivity index (χ3n) is 5.08. The van der Waals surface area contributed by atoms with E-state index in [-0.39, 0.29) is 29.0 Å². The van der Waals surface area contributed by atoms with Gasteiger partial charge in [-0.3, -0.25) is 9.48 Å². The van der Waals surface area contributed by atoms with Crippen molar-refractivity contribution in [3.05, 3.63) is 65.7 Å². The molecule has 1 saturated heterocycles. The summed E-state index contributed by atoms with van der Waals surface area (Å²) >= 11 is 0. The van der Waals surface area contributed by atoms with Gasteiger partial charge in [-0.05, 0) is 49.6 Å². The van der Waals surface area contributed by atoms with Gasteiger partial charge in [-0.15, -0.1) is 0 Å². The molecule has 0 saturated carbocycles. The van der Waals surface area contributed by atoms with E-state index < -0.39 is 11.7 Å². The fourth-order valence-electron chi connectivity index (χ4n) is 3.60. The highest BCUT2D eigenvalue weighted by molar-refractivity contribution is 5.92. The second kappa shape index (κ2) is 7.42. The SMILES string of the molecule is Cc1cnn(C2CCCN(C(=O)c3ccc(-c4cccc(C(F)(F)F)c4)o3)C2)c1. The molecule has 3 heterocycles. The topological polar surface area (TPSA) is 51.3 Å². The minimum absolute atomic E-state index is 0.0966. The number of hydrogen-bond donors (Lipinski definition) is 0. The summed E-state index contributed by atoms with van der Waals surface area (Å²) in [6.45, 7) is 3.09. The van der Waals surface area contributed by atoms with Crippen molar-refractivity contribution in [2.75, 3.05) is 13.1 Å². The Hall–Kier alpha value is -3.03. The van der Waals surface area contributed by atoms with Gasteiger partial charge in [0.15, 0.2) is 5.76 Å². The molecule has 1 atom stereocenters. The van der Waals surface area contributed by atoms with Gasteiger partial charge in [0.2, 0.25) is 0 Å². The van der Waals surface area contributed by atoms with E-state index >= 15 is 0 Å². The monoisotopic (exact) mass is 403 g/mol. The Morgan fingerprint density at radius 1 is 1.24 bits per heavy atom. The summed E-state index contributed by atoms with van der Waals surface area (Å²) < 4.78 is 46.3. The molecule has 2 aromatic heterocycles. The van der Waals surface area contributed by atoms with Gasteiger partial charge in [0, 0.05) is 24.8 Å². The van der Waals surface area contributed by atoms with E-state index in [4.69, 9.17) is 4.42 Å². The molecule has 0 aliphatic carbocycles. The molecule has 1 fully saturated rings. The Morgan fingerprint density at radius 3 is 2.79 bits per heavy atom. The van der Waals surface area contributed by atoms with Crippen LogP contribution in [0.5, 0.6) is 0 Å². The average molecular weight is 403 g/mol. The molecule has 0 radical (unpaired) electrons. The summed E-state index contributed by atoms with van der Waals surface area (Å²) in [5, 5.41) is 4.34. The van der Waals surface area contributed by atoms with Crippen LogP contribution in [0, 0.1) is 6.92 Å². The van der Waals surface area contributed by atoms with E-state index in [1.807, 2.05) is 17.8 Å². The summed E-state index contributed by atoms with van der Waals surface area (Å²) in [6.07, 6.45) is 1.08. The zero-order chi connectivity index (χ0) is 20.6. The summed E-state index contributed by atoms with van der Waals surface area (Å²) in [7, 11) is 0. The fraction of sp³-hybridized carbons (Fsp3) is 0.333. The smallest absolute Gasteiger partial charge is 0.416 e. The number of amides is 1. The molecule has 1 aliphatic rings. The lowest BCUT2D eigenvalue weighted by Crippen LogP contribution is -2.40. The number of halogens is 3. The van der Waals surface area contributed by atoms with Crippen LogP contribution in [0.3, 0.4) is 0 Å². The van der Waals surface area contributed by atoms with E-state index in [0.29, 0.717) is 13.1 Å². The maximum atomic E-state index is 12.9. The molecule has 29 heavy (non-hydrogen) atoms. The molecule has 0 bridgehead atoms. The predicted molar refractivity (Wildman–Crippen MR) is 100 cm³/mol. The molecule has 1 unspecified atom stereocenters. The lowest BCUT2D eigenvalue weighted by atomic mass is 10.1. The highest BCUT2D eigenvalue weighted by Gasteiger charge is 2.31. The number of rotatable bonds is 3. The van der Waals surface area contributed by atoms with E-state index in [1.165, 1.54) is 24.3 Å². The standard InChI is InChI=1S/C21H20F3N3O2/c1-14-11-25-27(12-14)17-6-3-9-26(13-17)20(28)19-8-7-18(29-19)15-4-2-5-16(10-15)21(22,23)24/h2,4-5,7-8,10-12,17H,3,6,9,13H2,1H3. The van der Waals surface area contributed by atoms with Crippen LogP contribution >= 0.6 is 0 Å². The van der Waals surface area contributed by atoms with Crippen LogP contribution in [-0.2, 0) is 6.18 Å². The van der Waals surface area contributed by atoms with Gasteiger partial charge >= 0.3 is 6.18 Å². The number of carbonyl (C=O) groups excluding carboxylic acids is 1. The summed E-state index contributed by atoms with van der Waals surface area (Å²) in [4.78, 5) is 14.6. The molecule has 8 heteroatoms. The molecule has 0 spiro atoms. The Balaban J connectivity index is 1.51. The molecule has 5 nitrogen and oxygen atoms in total. The number of aromatic nitrogens is 2. The highest BCUT2D eigenvalue weighted by Crippen LogP contribution is 2.33. The Labute approximate surface area is 165 Å². The van der Waals surface area contributed by atoms with Gasteiger partial charge < -0.3 is 9.32 Å². The van der Waals surface area contributed by atoms with Crippen molar-refractivity contribution in [3.8, 4) is 11.3 Å². The van der Waals surface area contributed by atoms with Gasteiger partial charge in [-0.25, -0.2) is 0 Å². The third kappa shape index (κ3) is 4.06. The van der Waals surface area contributed by atoms with Crippen molar-refractivity contribution >= 4 is 5.91 Å². The zero-order valence-electron chi connectivity index (χ0n) is 15.8. The molecule has 1 aliphatic heterocycles. The lowest BCUT2D eigenvalue weighted by Gasteiger charge is -2.32. The summed E-state index contributed by atoms with van der Waals surface area (Å²) in [5.74, 6) is 0.0854. The van der Waals surface area contributed by atoms with Gasteiger partial charge in [0.25, 0.3) is 5.91 Å². The van der Waals surface area contributed by atoms with E-state index in [0.717, 1.165) is 30.5 Å². The number of aryl methyl sites for hydroxylation is 1. The first-order chi connectivity index (χ1) is 13.8. The van der Waals surface area contributed by atoms with Crippen molar-refractivity contribution in [1.29, 1.82) is 0 Å². The number of alkyl halides is 3. The Morgan fingerprint density at radius 2 is 2.07 bits per heavy atom. The third-order valence-corrected chi connectivity index (χ3v) is 5.08. The van der Waals surface area contributed by atoms with Gasteiger partial charge in [0.1, 0.15) is 5.76 Å². The van der Waals surface area contributed by atoms with Crippen LogP contribution in [0.4, 0.5) is 13.2 Å². The van der Waals surface area contributed by atoms with E-state index in [2.05, 4.69) is 5.10 Å². The second-order valence-corrected chi connectivity index (χ2v) is 7.29. The van der Waals surface area contributed by atoms with Gasteiger partial charge in [0.05, 0.1) is 17.8 Å². The van der Waals surface area contributed by atoms with Crippen molar-refractivity contribution in [1.82, 2.24) is 14.7 Å². The second-order valence-electron chi connectivity index (χ2n) is 7.29. The zero-order valence-corrected chi connectivity index (χ0v) is 15.8. The minimum Gasteiger partial charge on any atom is -0.451 e. The molecule has 0 N–H and O–H groups in total.